The molecule has 1 aliphatic rings. The third-order valence-corrected chi connectivity index (χ3v) is 7.42. The predicted molar refractivity (Wildman–Crippen MR) is 141 cm³/mol. The Balaban J connectivity index is 1.70. The smallest absolute Gasteiger partial charge is 0.253 e. The molecule has 1 saturated heterocycles. The number of aromatic nitrogens is 2. The predicted octanol–water partition coefficient (Wildman–Crippen LogP) is 4.17. The highest BCUT2D eigenvalue weighted by molar-refractivity contribution is 9.10. The summed E-state index contributed by atoms with van der Waals surface area (Å²) in [4.78, 5) is 33.5. The Kier molecular flexibility index (Phi) is 7.19. The molecule has 0 saturated carbocycles. The van der Waals surface area contributed by atoms with Crippen LogP contribution in [-0.4, -0.2) is 52.9 Å². The van der Waals surface area contributed by atoms with E-state index in [1.807, 2.05) is 39.0 Å². The molecule has 0 aliphatic carbocycles. The largest absolute Gasteiger partial charge is 0.355 e. The first-order valence-electron chi connectivity index (χ1n) is 11.9. The summed E-state index contributed by atoms with van der Waals surface area (Å²) in [6, 6.07) is 6.33. The summed E-state index contributed by atoms with van der Waals surface area (Å²) in [5.74, 6) is 0.896. The van der Waals surface area contributed by atoms with E-state index >= 15 is 0 Å². The van der Waals surface area contributed by atoms with Crippen LogP contribution in [0.5, 0.6) is 0 Å². The van der Waals surface area contributed by atoms with Crippen LogP contribution >= 0.6 is 15.9 Å². The standard InChI is InChI=1S/C26H34BrN5O2/c1-6-31(20-7-9-30(5)10-8-20)26-18(4)22(13-21-12-19(27)15-32(21)26)24(33)28-14-23-16(2)11-17(3)29-25(23)34/h11-13,15,20H,6-10,14H2,1-5H3,(H,28,33)(H,29,34). The lowest BCUT2D eigenvalue weighted by molar-refractivity contribution is 0.0950. The molecule has 1 fully saturated rings. The van der Waals surface area contributed by atoms with E-state index in [1.165, 1.54) is 0 Å². The van der Waals surface area contributed by atoms with Gasteiger partial charge in [-0.25, -0.2) is 0 Å². The van der Waals surface area contributed by atoms with Crippen LogP contribution in [0.15, 0.2) is 33.7 Å². The van der Waals surface area contributed by atoms with Gasteiger partial charge in [0, 0.05) is 57.7 Å². The first kappa shape index (κ1) is 24.5. The number of aromatic amines is 1. The molecule has 2 N–H and O–H groups in total. The van der Waals surface area contributed by atoms with Gasteiger partial charge in [0.25, 0.3) is 11.5 Å². The van der Waals surface area contributed by atoms with Crippen LogP contribution in [0.25, 0.3) is 5.52 Å². The molecule has 0 aromatic carbocycles. The summed E-state index contributed by atoms with van der Waals surface area (Å²) < 4.78 is 3.17. The molecule has 0 radical (unpaired) electrons. The molecule has 3 aromatic rings. The zero-order valence-corrected chi connectivity index (χ0v) is 22.3. The number of amides is 1. The second-order valence-corrected chi connectivity index (χ2v) is 10.3. The summed E-state index contributed by atoms with van der Waals surface area (Å²) in [5.41, 5.74) is 4.68. The SMILES string of the molecule is CCN(c1c(C)c(C(=O)NCc2c(C)cc(C)[nH]c2=O)cc2cc(Br)cn12)C1CCN(C)CC1. The van der Waals surface area contributed by atoms with Crippen molar-refractivity contribution >= 4 is 33.2 Å². The van der Waals surface area contributed by atoms with Gasteiger partial charge in [0.1, 0.15) is 5.82 Å². The number of carbonyl (C=O) groups is 1. The van der Waals surface area contributed by atoms with Gasteiger partial charge in [0.2, 0.25) is 0 Å². The molecular weight excluding hydrogens is 494 g/mol. The van der Waals surface area contributed by atoms with E-state index in [1.54, 1.807) is 0 Å². The molecule has 4 rings (SSSR count). The van der Waals surface area contributed by atoms with E-state index in [0.717, 1.165) is 65.1 Å². The van der Waals surface area contributed by atoms with Crippen LogP contribution in [0.2, 0.25) is 0 Å². The van der Waals surface area contributed by atoms with Crippen LogP contribution in [0, 0.1) is 20.8 Å². The Morgan fingerprint density at radius 3 is 2.56 bits per heavy atom. The van der Waals surface area contributed by atoms with Gasteiger partial charge in [-0.2, -0.15) is 0 Å². The number of fused-ring (bicyclic) bond motifs is 1. The van der Waals surface area contributed by atoms with Crippen LogP contribution in [-0.2, 0) is 6.54 Å². The van der Waals surface area contributed by atoms with Crippen LogP contribution < -0.4 is 15.8 Å². The third-order valence-electron chi connectivity index (χ3n) is 6.98. The second kappa shape index (κ2) is 9.96. The lowest BCUT2D eigenvalue weighted by Crippen LogP contribution is -2.45. The number of halogens is 1. The van der Waals surface area contributed by atoms with Crippen molar-refractivity contribution in [3.05, 3.63) is 67.2 Å². The van der Waals surface area contributed by atoms with Gasteiger partial charge in [0.15, 0.2) is 0 Å². The molecule has 0 atom stereocenters. The van der Waals surface area contributed by atoms with Gasteiger partial charge in [-0.3, -0.25) is 9.59 Å². The number of nitrogens with zero attached hydrogens (tertiary/aromatic N) is 3. The summed E-state index contributed by atoms with van der Waals surface area (Å²) in [5, 5.41) is 2.99. The number of carbonyl (C=O) groups excluding carboxylic acids is 1. The minimum atomic E-state index is -0.169. The van der Waals surface area contributed by atoms with Gasteiger partial charge < -0.3 is 24.5 Å². The topological polar surface area (TPSA) is 72.8 Å². The number of hydrogen-bond acceptors (Lipinski definition) is 4. The van der Waals surface area contributed by atoms with Crippen molar-refractivity contribution in [2.24, 2.45) is 0 Å². The number of pyridine rings is 2. The highest BCUT2D eigenvalue weighted by Gasteiger charge is 2.27. The van der Waals surface area contributed by atoms with Gasteiger partial charge in [-0.1, -0.05) is 0 Å². The minimum Gasteiger partial charge on any atom is -0.355 e. The Hall–Kier alpha value is -2.58. The van der Waals surface area contributed by atoms with Gasteiger partial charge in [0.05, 0.1) is 0 Å². The quantitative estimate of drug-likeness (QED) is 0.504. The van der Waals surface area contributed by atoms with Crippen molar-refractivity contribution in [3.8, 4) is 0 Å². The molecule has 0 bridgehead atoms. The number of rotatable bonds is 6. The van der Waals surface area contributed by atoms with Crippen molar-refractivity contribution in [1.29, 1.82) is 0 Å². The average Bonchev–Trinajstić information content (AvgIpc) is 3.15. The number of likely N-dealkylation sites (tertiary alicyclic amines) is 1. The fraction of sp³-hybridized carbons (Fsp3) is 0.462. The lowest BCUT2D eigenvalue weighted by Gasteiger charge is -2.39. The van der Waals surface area contributed by atoms with Crippen molar-refractivity contribution in [3.63, 3.8) is 0 Å². The maximum absolute atomic E-state index is 13.4. The lowest BCUT2D eigenvalue weighted by atomic mass is 10.0. The van der Waals surface area contributed by atoms with Crippen molar-refractivity contribution in [2.45, 2.75) is 53.1 Å². The summed E-state index contributed by atoms with van der Waals surface area (Å²) in [6.07, 6.45) is 4.27. The zero-order chi connectivity index (χ0) is 24.6. The Bertz CT molecular complexity index is 1270. The molecule has 0 spiro atoms. The molecule has 34 heavy (non-hydrogen) atoms. The van der Waals surface area contributed by atoms with E-state index in [2.05, 4.69) is 60.6 Å². The van der Waals surface area contributed by atoms with Crippen LogP contribution in [0.1, 0.15) is 52.5 Å². The number of hydrogen-bond donors (Lipinski definition) is 2. The number of nitrogens with one attached hydrogen (secondary N) is 2. The summed E-state index contributed by atoms with van der Waals surface area (Å²) in [7, 11) is 2.17. The summed E-state index contributed by atoms with van der Waals surface area (Å²) >= 11 is 3.62. The summed E-state index contributed by atoms with van der Waals surface area (Å²) in [6.45, 7) is 11.2. The molecule has 182 valence electrons. The molecule has 8 heteroatoms. The molecule has 4 heterocycles. The highest BCUT2D eigenvalue weighted by atomic mass is 79.9. The normalized spacial score (nSPS) is 15.1. The van der Waals surface area contributed by atoms with Gasteiger partial charge >= 0.3 is 0 Å². The van der Waals surface area contributed by atoms with Crippen molar-refractivity contribution < 1.29 is 4.79 Å². The van der Waals surface area contributed by atoms with Crippen molar-refractivity contribution in [2.75, 3.05) is 31.6 Å². The maximum atomic E-state index is 13.4. The highest BCUT2D eigenvalue weighted by Crippen LogP contribution is 2.32. The van der Waals surface area contributed by atoms with Gasteiger partial charge in [-0.05, 0) is 100 Å². The van der Waals surface area contributed by atoms with E-state index in [4.69, 9.17) is 0 Å². The Morgan fingerprint density at radius 1 is 1.21 bits per heavy atom. The van der Waals surface area contributed by atoms with Crippen LogP contribution in [0.4, 0.5) is 5.82 Å². The average molecular weight is 528 g/mol. The number of anilines is 1. The van der Waals surface area contributed by atoms with E-state index in [0.29, 0.717) is 17.2 Å². The fourth-order valence-corrected chi connectivity index (χ4v) is 5.58. The molecular formula is C26H34BrN5O2. The third kappa shape index (κ3) is 4.79. The monoisotopic (exact) mass is 527 g/mol. The fourth-order valence-electron chi connectivity index (χ4n) is 5.14. The van der Waals surface area contributed by atoms with Crippen LogP contribution in [0.3, 0.4) is 0 Å². The first-order valence-corrected chi connectivity index (χ1v) is 12.7. The van der Waals surface area contributed by atoms with E-state index < -0.39 is 0 Å². The van der Waals surface area contributed by atoms with Gasteiger partial charge in [-0.15, -0.1) is 0 Å². The molecule has 3 aromatic heterocycles. The van der Waals surface area contributed by atoms with E-state index in [9.17, 15) is 9.59 Å². The Labute approximate surface area is 209 Å². The molecule has 1 amide bonds. The zero-order valence-electron chi connectivity index (χ0n) is 20.7. The molecule has 1 aliphatic heterocycles. The minimum absolute atomic E-state index is 0.152. The number of aryl methyl sites for hydroxylation is 2. The Morgan fingerprint density at radius 2 is 1.91 bits per heavy atom. The molecule has 7 nitrogen and oxygen atoms in total. The second-order valence-electron chi connectivity index (χ2n) is 9.41. The van der Waals surface area contributed by atoms with Crippen molar-refractivity contribution in [1.82, 2.24) is 19.6 Å². The molecule has 0 unspecified atom stereocenters. The number of H-pyrrole nitrogens is 1. The first-order chi connectivity index (χ1) is 16.2. The number of piperidine rings is 1. The maximum Gasteiger partial charge on any atom is 0.253 e. The van der Waals surface area contributed by atoms with E-state index in [-0.39, 0.29) is 18.0 Å².